The van der Waals surface area contributed by atoms with Crippen molar-refractivity contribution in [1.29, 1.82) is 0 Å². The van der Waals surface area contributed by atoms with Gasteiger partial charge in [-0.15, -0.1) is 0 Å². The Labute approximate surface area is 117 Å². The van der Waals surface area contributed by atoms with Gasteiger partial charge in [0.05, 0.1) is 6.04 Å². The van der Waals surface area contributed by atoms with Crippen LogP contribution in [0.3, 0.4) is 0 Å². The van der Waals surface area contributed by atoms with Crippen LogP contribution in [0.1, 0.15) is 17.2 Å². The van der Waals surface area contributed by atoms with Crippen LogP contribution >= 0.6 is 15.9 Å². The maximum absolute atomic E-state index is 13.9. The van der Waals surface area contributed by atoms with Crippen molar-refractivity contribution in [2.75, 3.05) is 7.05 Å². The molecule has 1 nitrogen and oxygen atoms in total. The van der Waals surface area contributed by atoms with Crippen LogP contribution < -0.4 is 5.32 Å². The summed E-state index contributed by atoms with van der Waals surface area (Å²) in [5, 5.41) is 2.81. The van der Waals surface area contributed by atoms with E-state index in [9.17, 15) is 13.2 Å². The molecule has 0 bridgehead atoms. The van der Waals surface area contributed by atoms with E-state index in [0.717, 1.165) is 6.07 Å². The molecule has 2 aromatic carbocycles. The summed E-state index contributed by atoms with van der Waals surface area (Å²) >= 11 is 3.23. The Balaban J connectivity index is 2.60. The van der Waals surface area contributed by atoms with E-state index in [1.165, 1.54) is 24.3 Å². The van der Waals surface area contributed by atoms with Crippen molar-refractivity contribution in [3.63, 3.8) is 0 Å². The molecule has 0 aliphatic carbocycles. The summed E-state index contributed by atoms with van der Waals surface area (Å²) < 4.78 is 41.5. The molecular formula is C14H11BrF3N. The molecule has 1 N–H and O–H groups in total. The number of rotatable bonds is 3. The van der Waals surface area contributed by atoms with Gasteiger partial charge in [0.2, 0.25) is 0 Å². The second-order valence-corrected chi connectivity index (χ2v) is 4.85. The molecular weight excluding hydrogens is 319 g/mol. The topological polar surface area (TPSA) is 12.0 Å². The van der Waals surface area contributed by atoms with E-state index < -0.39 is 23.5 Å². The first-order chi connectivity index (χ1) is 9.06. The Morgan fingerprint density at radius 3 is 2.26 bits per heavy atom. The standard InChI is InChI=1S/C14H11BrF3N/c1-19-14(8-4-2-7-11(17)13(8)18)12-9(15)5-3-6-10(12)16/h2-7,14,19H,1H3. The molecule has 0 radical (unpaired) electrons. The smallest absolute Gasteiger partial charge is 0.163 e. The molecule has 0 saturated heterocycles. The molecule has 0 saturated carbocycles. The molecule has 2 rings (SSSR count). The highest BCUT2D eigenvalue weighted by Crippen LogP contribution is 2.32. The van der Waals surface area contributed by atoms with E-state index in [2.05, 4.69) is 21.2 Å². The molecule has 0 spiro atoms. The highest BCUT2D eigenvalue weighted by Gasteiger charge is 2.23. The van der Waals surface area contributed by atoms with Gasteiger partial charge < -0.3 is 5.32 Å². The van der Waals surface area contributed by atoms with Crippen LogP contribution in [-0.2, 0) is 0 Å². The van der Waals surface area contributed by atoms with Crippen LogP contribution in [0.5, 0.6) is 0 Å². The van der Waals surface area contributed by atoms with Gasteiger partial charge >= 0.3 is 0 Å². The second kappa shape index (κ2) is 5.75. The molecule has 1 atom stereocenters. The minimum absolute atomic E-state index is 0.0632. The maximum atomic E-state index is 13.9. The Hall–Kier alpha value is -1.33. The highest BCUT2D eigenvalue weighted by molar-refractivity contribution is 9.10. The second-order valence-electron chi connectivity index (χ2n) is 4.00. The molecule has 19 heavy (non-hydrogen) atoms. The van der Waals surface area contributed by atoms with E-state index >= 15 is 0 Å². The predicted molar refractivity (Wildman–Crippen MR) is 71.4 cm³/mol. The van der Waals surface area contributed by atoms with Crippen molar-refractivity contribution < 1.29 is 13.2 Å². The minimum Gasteiger partial charge on any atom is -0.309 e. The molecule has 0 fully saturated rings. The van der Waals surface area contributed by atoms with Crippen molar-refractivity contribution in [3.8, 4) is 0 Å². The average Bonchev–Trinajstić information content (AvgIpc) is 2.38. The van der Waals surface area contributed by atoms with Crippen molar-refractivity contribution in [2.24, 2.45) is 0 Å². The van der Waals surface area contributed by atoms with Crippen molar-refractivity contribution in [3.05, 3.63) is 69.4 Å². The summed E-state index contributed by atoms with van der Waals surface area (Å²) in [4.78, 5) is 0. The quantitative estimate of drug-likeness (QED) is 0.890. The Morgan fingerprint density at radius 2 is 1.63 bits per heavy atom. The third-order valence-electron chi connectivity index (χ3n) is 2.87. The van der Waals surface area contributed by atoms with Gasteiger partial charge in [-0.1, -0.05) is 34.1 Å². The highest BCUT2D eigenvalue weighted by atomic mass is 79.9. The first kappa shape index (κ1) is 14.1. The van der Waals surface area contributed by atoms with E-state index in [-0.39, 0.29) is 11.1 Å². The lowest BCUT2D eigenvalue weighted by atomic mass is 9.97. The Morgan fingerprint density at radius 1 is 1.00 bits per heavy atom. The van der Waals surface area contributed by atoms with E-state index in [4.69, 9.17) is 0 Å². The fourth-order valence-corrected chi connectivity index (χ4v) is 2.56. The van der Waals surface area contributed by atoms with E-state index in [1.807, 2.05) is 0 Å². The SMILES string of the molecule is CNC(c1cccc(F)c1F)c1c(F)cccc1Br. The van der Waals surface area contributed by atoms with Crippen LogP contribution in [-0.4, -0.2) is 7.05 Å². The van der Waals surface area contributed by atoms with Gasteiger partial charge in [0.15, 0.2) is 11.6 Å². The van der Waals surface area contributed by atoms with Crippen LogP contribution in [0.15, 0.2) is 40.9 Å². The average molecular weight is 330 g/mol. The van der Waals surface area contributed by atoms with Crippen LogP contribution in [0.4, 0.5) is 13.2 Å². The molecule has 2 aromatic rings. The van der Waals surface area contributed by atoms with Gasteiger partial charge in [0.1, 0.15) is 5.82 Å². The van der Waals surface area contributed by atoms with E-state index in [1.54, 1.807) is 13.1 Å². The van der Waals surface area contributed by atoms with Crippen LogP contribution in [0.2, 0.25) is 0 Å². The molecule has 0 amide bonds. The summed E-state index contributed by atoms with van der Waals surface area (Å²) in [6.07, 6.45) is 0. The number of hydrogen-bond acceptors (Lipinski definition) is 1. The zero-order chi connectivity index (χ0) is 14.0. The minimum atomic E-state index is -0.975. The number of nitrogens with one attached hydrogen (secondary N) is 1. The van der Waals surface area contributed by atoms with Gasteiger partial charge in [0, 0.05) is 15.6 Å². The van der Waals surface area contributed by atoms with Crippen LogP contribution in [0, 0.1) is 17.5 Å². The first-order valence-corrected chi connectivity index (χ1v) is 6.40. The summed E-state index contributed by atoms with van der Waals surface area (Å²) in [6, 6.07) is 7.55. The van der Waals surface area contributed by atoms with Gasteiger partial charge in [-0.25, -0.2) is 13.2 Å². The molecule has 0 heterocycles. The monoisotopic (exact) mass is 329 g/mol. The van der Waals surface area contributed by atoms with Gasteiger partial charge in [-0.3, -0.25) is 0 Å². The molecule has 0 aliphatic rings. The lowest BCUT2D eigenvalue weighted by molar-refractivity contribution is 0.482. The number of halogens is 4. The summed E-state index contributed by atoms with van der Waals surface area (Å²) in [5.74, 6) is -2.42. The number of hydrogen-bond donors (Lipinski definition) is 1. The summed E-state index contributed by atoms with van der Waals surface area (Å²) in [5.41, 5.74) is 0.308. The van der Waals surface area contributed by atoms with Gasteiger partial charge in [0.25, 0.3) is 0 Å². The largest absolute Gasteiger partial charge is 0.309 e. The normalized spacial score (nSPS) is 12.5. The van der Waals surface area contributed by atoms with E-state index in [0.29, 0.717) is 4.47 Å². The molecule has 1 unspecified atom stereocenters. The third kappa shape index (κ3) is 2.67. The summed E-state index contributed by atoms with van der Waals surface area (Å²) in [7, 11) is 1.56. The predicted octanol–water partition coefficient (Wildman–Crippen LogP) is 4.18. The third-order valence-corrected chi connectivity index (χ3v) is 3.56. The lowest BCUT2D eigenvalue weighted by Gasteiger charge is -2.20. The fourth-order valence-electron chi connectivity index (χ4n) is 1.99. The first-order valence-electron chi connectivity index (χ1n) is 5.61. The summed E-state index contributed by atoms with van der Waals surface area (Å²) in [6.45, 7) is 0. The Kier molecular flexibility index (Phi) is 4.27. The molecule has 0 aromatic heterocycles. The van der Waals surface area contributed by atoms with Gasteiger partial charge in [-0.05, 0) is 25.2 Å². The Bertz CT molecular complexity index is 581. The molecule has 100 valence electrons. The zero-order valence-electron chi connectivity index (χ0n) is 10.1. The van der Waals surface area contributed by atoms with Crippen molar-refractivity contribution in [2.45, 2.75) is 6.04 Å². The van der Waals surface area contributed by atoms with Gasteiger partial charge in [-0.2, -0.15) is 0 Å². The fraction of sp³-hybridized carbons (Fsp3) is 0.143. The van der Waals surface area contributed by atoms with Crippen LogP contribution in [0.25, 0.3) is 0 Å². The molecule has 0 aliphatic heterocycles. The maximum Gasteiger partial charge on any atom is 0.163 e. The van der Waals surface area contributed by atoms with Crippen molar-refractivity contribution in [1.82, 2.24) is 5.32 Å². The van der Waals surface area contributed by atoms with Crippen molar-refractivity contribution >= 4 is 15.9 Å². The number of benzene rings is 2. The lowest BCUT2D eigenvalue weighted by Crippen LogP contribution is -2.21. The zero-order valence-corrected chi connectivity index (χ0v) is 11.6. The molecule has 5 heteroatoms.